The van der Waals surface area contributed by atoms with E-state index >= 15 is 0 Å². The summed E-state index contributed by atoms with van der Waals surface area (Å²) in [5.41, 5.74) is 7.31. The van der Waals surface area contributed by atoms with Crippen molar-refractivity contribution >= 4 is 102 Å². The number of aromatic amines is 2. The molecule has 0 aliphatic carbocycles. The second kappa shape index (κ2) is 19.1. The van der Waals surface area contributed by atoms with Crippen LogP contribution in [0, 0.1) is 0 Å². The summed E-state index contributed by atoms with van der Waals surface area (Å²) in [7, 11) is -14.9. The van der Waals surface area contributed by atoms with Crippen molar-refractivity contribution in [1.82, 2.24) is 19.9 Å². The van der Waals surface area contributed by atoms with Gasteiger partial charge in [-0.2, -0.15) is 27.1 Å². The van der Waals surface area contributed by atoms with E-state index in [9.17, 15) is 49.1 Å². The molecule has 0 saturated carbocycles. The molecule has 66 heavy (non-hydrogen) atoms. The summed E-state index contributed by atoms with van der Waals surface area (Å²) in [4.78, 5) is 13.0. The van der Waals surface area contributed by atoms with Crippen LogP contribution >= 0.6 is 0 Å². The van der Waals surface area contributed by atoms with E-state index in [0.29, 0.717) is 33.7 Å². The quantitative estimate of drug-likeness (QED) is 0.0455. The first-order valence-corrected chi connectivity index (χ1v) is 22.3. The number of aromatic nitrogens is 4. The summed E-state index contributed by atoms with van der Waals surface area (Å²) in [6, 6.07) is 25.1. The van der Waals surface area contributed by atoms with Crippen molar-refractivity contribution in [1.29, 1.82) is 0 Å². The Morgan fingerprint density at radius 2 is 0.985 bits per heavy atom. The maximum absolute atomic E-state index is 13.8. The number of nitrogens with one attached hydrogen (secondary N) is 2. The van der Waals surface area contributed by atoms with Crippen molar-refractivity contribution in [2.24, 2.45) is 20.5 Å². The number of hydrogen-bond donors (Lipinski definition) is 5. The number of fused-ring (bicyclic) bond motifs is 6. The number of rotatable bonds is 9. The van der Waals surface area contributed by atoms with Crippen molar-refractivity contribution in [2.75, 3.05) is 5.73 Å². The molecule has 2 aromatic heterocycles. The van der Waals surface area contributed by atoms with Crippen LogP contribution in [-0.2, 0) is 30.4 Å². The van der Waals surface area contributed by atoms with Gasteiger partial charge in [-0.05, 0) is 83.6 Å². The third-order valence-electron chi connectivity index (χ3n) is 9.83. The average molecular weight is 972 g/mol. The van der Waals surface area contributed by atoms with Gasteiger partial charge < -0.3 is 30.5 Å². The number of nitrogens with zero attached hydrogens (tertiary/aromatic N) is 6. The van der Waals surface area contributed by atoms with Gasteiger partial charge >= 0.3 is 88.7 Å². The van der Waals surface area contributed by atoms with Gasteiger partial charge in [0.05, 0.1) is 49.7 Å². The molecule has 7 aromatic carbocycles. The molecule has 26 heteroatoms. The fourth-order valence-corrected chi connectivity index (χ4v) is 8.68. The fraction of sp³-hybridized carbons (Fsp3) is 0. The number of hydrogen-bond acceptors (Lipinski definition) is 16. The molecular weight excluding hydrogens is 948 g/mol. The molecule has 6 N–H and O–H groups in total. The summed E-state index contributed by atoms with van der Waals surface area (Å²) in [6.45, 7) is 0. The molecule has 0 radical (unpaired) electrons. The topological polar surface area (TPSA) is 345 Å². The van der Waals surface area contributed by atoms with E-state index in [1.165, 1.54) is 30.3 Å². The van der Waals surface area contributed by atoms with E-state index in [0.717, 1.165) is 36.4 Å². The van der Waals surface area contributed by atoms with Crippen molar-refractivity contribution < 1.29 is 138 Å². The van der Waals surface area contributed by atoms with E-state index < -0.39 is 67.9 Å². The number of benzene rings is 7. The summed E-state index contributed by atoms with van der Waals surface area (Å²) in [6.07, 6.45) is 0. The molecule has 0 amide bonds. The zero-order chi connectivity index (χ0) is 44.6. The molecule has 0 bridgehead atoms. The third kappa shape index (κ3) is 9.83. The van der Waals surface area contributed by atoms with Crippen LogP contribution in [0.4, 0.5) is 28.4 Å². The van der Waals surface area contributed by atoms with E-state index in [1.807, 2.05) is 0 Å². The maximum atomic E-state index is 13.8. The minimum absolute atomic E-state index is 0. The summed E-state index contributed by atoms with van der Waals surface area (Å²) < 4.78 is 105. The maximum Gasteiger partial charge on any atom is 1.00 e. The van der Waals surface area contributed by atoms with Gasteiger partial charge in [-0.1, -0.05) is 47.9 Å². The van der Waals surface area contributed by atoms with Crippen molar-refractivity contribution in [3.8, 4) is 34.3 Å². The van der Waals surface area contributed by atoms with Crippen LogP contribution in [0.15, 0.2) is 144 Å². The number of azo groups is 2. The van der Waals surface area contributed by atoms with Crippen LogP contribution in [-0.4, -0.2) is 58.8 Å². The molecule has 0 atom stereocenters. The van der Waals surface area contributed by atoms with Crippen LogP contribution in [0.1, 0.15) is 0 Å². The number of nitrogens with two attached hydrogens (primary N) is 1. The van der Waals surface area contributed by atoms with Gasteiger partial charge in [0.2, 0.25) is 0 Å². The number of H-pyrrole nitrogens is 2. The van der Waals surface area contributed by atoms with Crippen molar-refractivity contribution in [2.45, 2.75) is 14.7 Å². The standard InChI is InChI=1S/C40H27N9O11S3.3Na/c41-21-5-1-3-19(15-21)39-42-29-13-11-26-27(33(29)44-39)18-32(63(58,59)60)36(38(26)51)49-47-23-6-2-4-20(16-23)40-43-30-14-12-25-28(34(30)45-40)17-31(62(55,56)57)35(37(25)50)48-46-22-7-9-24(10-8-22)61(52,53)54;;;/h1-18,50-51H,41H2,(H,42,44)(H,43,45)(H,52,53,54)(H,55,56,57)(H,58,59,60);;;/q;3*+1/p-3. The van der Waals surface area contributed by atoms with Gasteiger partial charge in [-0.15, -0.1) is 10.2 Å². The van der Waals surface area contributed by atoms with Crippen LogP contribution in [0.2, 0.25) is 0 Å². The molecule has 9 aromatic rings. The van der Waals surface area contributed by atoms with E-state index in [2.05, 4.69) is 40.4 Å². The van der Waals surface area contributed by atoms with Gasteiger partial charge in [-0.25, -0.2) is 18.4 Å². The number of imidazole rings is 2. The second-order valence-electron chi connectivity index (χ2n) is 13.9. The summed E-state index contributed by atoms with van der Waals surface area (Å²) in [5, 5.41) is 43.4. The second-order valence-corrected chi connectivity index (χ2v) is 18.0. The molecule has 0 spiro atoms. The van der Waals surface area contributed by atoms with Gasteiger partial charge in [0.15, 0.2) is 0 Å². The Labute approximate surface area is 439 Å². The van der Waals surface area contributed by atoms with E-state index in [4.69, 9.17) is 5.73 Å². The first kappa shape index (κ1) is 50.7. The van der Waals surface area contributed by atoms with E-state index in [1.54, 1.807) is 42.5 Å². The Hall–Kier alpha value is -4.67. The molecular formula is C40H24N9Na3O11S3. The van der Waals surface area contributed by atoms with E-state index in [-0.39, 0.29) is 138 Å². The predicted molar refractivity (Wildman–Crippen MR) is 224 cm³/mol. The van der Waals surface area contributed by atoms with Crippen molar-refractivity contribution in [3.63, 3.8) is 0 Å². The zero-order valence-corrected chi connectivity index (χ0v) is 42.9. The van der Waals surface area contributed by atoms with Crippen LogP contribution in [0.3, 0.4) is 0 Å². The first-order chi connectivity index (χ1) is 29.8. The SMILES string of the molecule is Nc1cccc(-c2nc3ccc4c([O-])c(N=Nc5cccc(-c6nc7ccc8c([O-])c(N=Nc9ccc(S(=O)(=O)[O-])cc9)c(S(=O)(=O)O)cc8c7[nH]6)c5)c(S(=O)(=O)O)cc4c3[nH]2)c1.[Na+].[Na+].[Na+]. The molecule has 0 fully saturated rings. The summed E-state index contributed by atoms with van der Waals surface area (Å²) in [5.74, 6) is -1.18. The van der Waals surface area contributed by atoms with Gasteiger partial charge in [0.25, 0.3) is 20.2 Å². The molecule has 2 heterocycles. The minimum Gasteiger partial charge on any atom is -0.871 e. The Kier molecular flexibility index (Phi) is 14.7. The largest absolute Gasteiger partial charge is 1.00 e. The fourth-order valence-electron chi connectivity index (χ4n) is 6.92. The predicted octanol–water partition coefficient (Wildman–Crippen LogP) is -1.95. The van der Waals surface area contributed by atoms with Crippen molar-refractivity contribution in [3.05, 3.63) is 109 Å². The van der Waals surface area contributed by atoms with Crippen LogP contribution < -0.4 is 105 Å². The molecule has 9 rings (SSSR count). The molecule has 316 valence electrons. The monoisotopic (exact) mass is 971 g/mol. The van der Waals surface area contributed by atoms with Crippen LogP contribution in [0.5, 0.6) is 11.5 Å². The smallest absolute Gasteiger partial charge is 0.871 e. The third-order valence-corrected chi connectivity index (χ3v) is 12.4. The molecule has 0 aliphatic rings. The Morgan fingerprint density at radius 1 is 0.530 bits per heavy atom. The number of nitrogen functional groups attached to an aromatic ring is 1. The minimum atomic E-state index is -5.09. The molecule has 20 nitrogen and oxygen atoms in total. The average Bonchev–Trinajstić information content (AvgIpc) is 3.88. The Balaban J connectivity index is 0.00000240. The first-order valence-electron chi connectivity index (χ1n) is 18.0. The number of anilines is 1. The Morgan fingerprint density at radius 3 is 1.44 bits per heavy atom. The van der Waals surface area contributed by atoms with Gasteiger partial charge in [0.1, 0.15) is 31.6 Å². The van der Waals surface area contributed by atoms with Gasteiger partial charge in [0, 0.05) is 27.6 Å². The van der Waals surface area contributed by atoms with Gasteiger partial charge in [-0.3, -0.25) is 9.11 Å². The molecule has 0 aliphatic heterocycles. The summed E-state index contributed by atoms with van der Waals surface area (Å²) >= 11 is 0. The normalized spacial score (nSPS) is 12.2. The zero-order valence-electron chi connectivity index (χ0n) is 34.4. The Bertz CT molecular complexity index is 3830. The van der Waals surface area contributed by atoms with Crippen LogP contribution in [0.25, 0.3) is 66.4 Å². The molecule has 0 saturated heterocycles. The molecule has 0 unspecified atom stereocenters.